The number of guanidine groups is 1. The van der Waals surface area contributed by atoms with Gasteiger partial charge in [0, 0.05) is 37.8 Å². The summed E-state index contributed by atoms with van der Waals surface area (Å²) >= 11 is 1.69. The molecule has 18 heavy (non-hydrogen) atoms. The fourth-order valence-corrected chi connectivity index (χ4v) is 2.93. The highest BCUT2D eigenvalue weighted by Gasteiger charge is 2.33. The molecule has 2 fully saturated rings. The number of nitrogens with two attached hydrogens (primary N) is 1. The van der Waals surface area contributed by atoms with E-state index >= 15 is 0 Å². The maximum atomic E-state index is 6.06. The number of aliphatic imine (C=N–C) groups is 1. The van der Waals surface area contributed by atoms with Gasteiger partial charge in [0.05, 0.1) is 6.04 Å². The predicted octanol–water partition coefficient (Wildman–Crippen LogP) is 0.988. The van der Waals surface area contributed by atoms with Crippen LogP contribution < -0.4 is 10.6 Å². The van der Waals surface area contributed by atoms with Crippen LogP contribution in [0, 0.1) is 5.92 Å². The highest BCUT2D eigenvalue weighted by molar-refractivity contribution is 7.13. The van der Waals surface area contributed by atoms with Gasteiger partial charge in [0.15, 0.2) is 11.1 Å². The molecule has 1 aliphatic carbocycles. The van der Waals surface area contributed by atoms with Crippen molar-refractivity contribution in [2.75, 3.05) is 31.1 Å². The number of aromatic nitrogens is 1. The standard InChI is InChI=1S/C12H19N5S/c1-9-8-10(9)15-11(13)16-3-5-17(6-4-16)12-14-2-7-18-12/h2,7,9-10H,3-6,8H2,1H3,(H2,13,15). The van der Waals surface area contributed by atoms with Crippen LogP contribution in [0.25, 0.3) is 0 Å². The zero-order valence-corrected chi connectivity index (χ0v) is 11.4. The Hall–Kier alpha value is -1.30. The molecule has 98 valence electrons. The highest BCUT2D eigenvalue weighted by Crippen LogP contribution is 2.32. The summed E-state index contributed by atoms with van der Waals surface area (Å²) in [4.78, 5) is 13.4. The summed E-state index contributed by atoms with van der Waals surface area (Å²) < 4.78 is 0. The molecule has 5 nitrogen and oxygen atoms in total. The van der Waals surface area contributed by atoms with Gasteiger partial charge in [0.1, 0.15) is 0 Å². The van der Waals surface area contributed by atoms with Crippen LogP contribution in [-0.4, -0.2) is 48.1 Å². The molecule has 1 aromatic heterocycles. The fourth-order valence-electron chi connectivity index (χ4n) is 2.23. The Morgan fingerprint density at radius 2 is 2.17 bits per heavy atom. The fraction of sp³-hybridized carbons (Fsp3) is 0.667. The van der Waals surface area contributed by atoms with Crippen molar-refractivity contribution < 1.29 is 0 Å². The number of thiazole rings is 1. The largest absolute Gasteiger partial charge is 0.370 e. The molecule has 2 N–H and O–H groups in total. The number of piperazine rings is 1. The summed E-state index contributed by atoms with van der Waals surface area (Å²) in [6, 6.07) is 0.474. The minimum atomic E-state index is 0.474. The SMILES string of the molecule is CC1CC1N=C(N)N1CCN(c2nccs2)CC1. The smallest absolute Gasteiger partial charge is 0.191 e. The van der Waals surface area contributed by atoms with Crippen molar-refractivity contribution in [1.82, 2.24) is 9.88 Å². The lowest BCUT2D eigenvalue weighted by Gasteiger charge is -2.35. The van der Waals surface area contributed by atoms with Crippen LogP contribution in [0.2, 0.25) is 0 Å². The molecule has 2 heterocycles. The molecule has 2 atom stereocenters. The lowest BCUT2D eigenvalue weighted by molar-refractivity contribution is 0.380. The van der Waals surface area contributed by atoms with Gasteiger partial charge in [-0.3, -0.25) is 0 Å². The van der Waals surface area contributed by atoms with Crippen LogP contribution >= 0.6 is 11.3 Å². The Balaban J connectivity index is 1.55. The summed E-state index contributed by atoms with van der Waals surface area (Å²) in [7, 11) is 0. The minimum Gasteiger partial charge on any atom is -0.370 e. The maximum Gasteiger partial charge on any atom is 0.191 e. The average Bonchev–Trinajstić information content (AvgIpc) is 2.88. The lowest BCUT2D eigenvalue weighted by Crippen LogP contribution is -2.51. The van der Waals surface area contributed by atoms with E-state index in [-0.39, 0.29) is 0 Å². The van der Waals surface area contributed by atoms with E-state index in [0.717, 1.165) is 43.2 Å². The first kappa shape index (κ1) is 11.8. The number of anilines is 1. The van der Waals surface area contributed by atoms with Crippen molar-refractivity contribution in [2.45, 2.75) is 19.4 Å². The van der Waals surface area contributed by atoms with Crippen LogP contribution in [0.15, 0.2) is 16.6 Å². The van der Waals surface area contributed by atoms with Crippen molar-refractivity contribution in [2.24, 2.45) is 16.6 Å². The van der Waals surface area contributed by atoms with Crippen LogP contribution in [0.4, 0.5) is 5.13 Å². The Morgan fingerprint density at radius 1 is 1.44 bits per heavy atom. The highest BCUT2D eigenvalue weighted by atomic mass is 32.1. The number of rotatable bonds is 2. The predicted molar refractivity (Wildman–Crippen MR) is 75.1 cm³/mol. The third-order valence-electron chi connectivity index (χ3n) is 3.66. The lowest BCUT2D eigenvalue weighted by atomic mass is 10.3. The zero-order chi connectivity index (χ0) is 12.5. The van der Waals surface area contributed by atoms with Crippen LogP contribution in [0.5, 0.6) is 0 Å². The molecule has 1 saturated carbocycles. The van der Waals surface area contributed by atoms with Gasteiger partial charge in [0.25, 0.3) is 0 Å². The molecular weight excluding hydrogens is 246 g/mol. The molecule has 1 aliphatic heterocycles. The Labute approximate surface area is 111 Å². The molecule has 0 amide bonds. The van der Waals surface area contributed by atoms with Crippen molar-refractivity contribution in [3.8, 4) is 0 Å². The summed E-state index contributed by atoms with van der Waals surface area (Å²) in [5.41, 5.74) is 6.06. The van der Waals surface area contributed by atoms with Crippen molar-refractivity contribution in [1.29, 1.82) is 0 Å². The van der Waals surface area contributed by atoms with E-state index in [1.165, 1.54) is 6.42 Å². The second kappa shape index (κ2) is 4.76. The van der Waals surface area contributed by atoms with E-state index in [4.69, 9.17) is 5.73 Å². The van der Waals surface area contributed by atoms with E-state index in [2.05, 4.69) is 26.7 Å². The molecule has 2 unspecified atom stereocenters. The molecule has 1 saturated heterocycles. The number of hydrogen-bond donors (Lipinski definition) is 1. The van der Waals surface area contributed by atoms with Crippen LogP contribution in [0.1, 0.15) is 13.3 Å². The third kappa shape index (κ3) is 2.43. The van der Waals surface area contributed by atoms with E-state index < -0.39 is 0 Å². The summed E-state index contributed by atoms with van der Waals surface area (Å²) in [5, 5.41) is 3.13. The zero-order valence-electron chi connectivity index (χ0n) is 10.6. The topological polar surface area (TPSA) is 57.8 Å². The van der Waals surface area contributed by atoms with Crippen molar-refractivity contribution in [3.05, 3.63) is 11.6 Å². The second-order valence-electron chi connectivity index (χ2n) is 5.06. The van der Waals surface area contributed by atoms with E-state index in [9.17, 15) is 0 Å². The average molecular weight is 265 g/mol. The third-order valence-corrected chi connectivity index (χ3v) is 4.49. The maximum absolute atomic E-state index is 6.06. The number of hydrogen-bond acceptors (Lipinski definition) is 4. The van der Waals surface area contributed by atoms with E-state index in [1.807, 2.05) is 11.6 Å². The minimum absolute atomic E-state index is 0.474. The second-order valence-corrected chi connectivity index (χ2v) is 5.93. The first-order chi connectivity index (χ1) is 8.74. The van der Waals surface area contributed by atoms with Crippen molar-refractivity contribution >= 4 is 22.4 Å². The summed E-state index contributed by atoms with van der Waals surface area (Å²) in [5.74, 6) is 1.45. The molecule has 0 bridgehead atoms. The Morgan fingerprint density at radius 3 is 2.72 bits per heavy atom. The molecule has 6 heteroatoms. The molecular formula is C12H19N5S. The van der Waals surface area contributed by atoms with Gasteiger partial charge in [-0.15, -0.1) is 11.3 Å². The van der Waals surface area contributed by atoms with Gasteiger partial charge < -0.3 is 15.5 Å². The van der Waals surface area contributed by atoms with Gasteiger partial charge in [-0.1, -0.05) is 6.92 Å². The van der Waals surface area contributed by atoms with E-state index in [0.29, 0.717) is 6.04 Å². The first-order valence-electron chi connectivity index (χ1n) is 6.46. The van der Waals surface area contributed by atoms with Crippen molar-refractivity contribution in [3.63, 3.8) is 0 Å². The molecule has 2 aliphatic rings. The molecule has 0 spiro atoms. The molecule has 1 aromatic rings. The normalized spacial score (nSPS) is 28.6. The van der Waals surface area contributed by atoms with Gasteiger partial charge in [-0.2, -0.15) is 0 Å². The molecule has 0 aromatic carbocycles. The van der Waals surface area contributed by atoms with Gasteiger partial charge in [0.2, 0.25) is 0 Å². The van der Waals surface area contributed by atoms with Crippen LogP contribution in [0.3, 0.4) is 0 Å². The van der Waals surface area contributed by atoms with E-state index in [1.54, 1.807) is 11.3 Å². The van der Waals surface area contributed by atoms with Gasteiger partial charge in [-0.05, 0) is 12.3 Å². The Bertz CT molecular complexity index is 422. The Kier molecular flexibility index (Phi) is 3.11. The first-order valence-corrected chi connectivity index (χ1v) is 7.34. The molecule has 0 radical (unpaired) electrons. The summed E-state index contributed by atoms with van der Waals surface area (Å²) in [6.07, 6.45) is 3.05. The van der Waals surface area contributed by atoms with Gasteiger partial charge in [-0.25, -0.2) is 9.98 Å². The van der Waals surface area contributed by atoms with Gasteiger partial charge >= 0.3 is 0 Å². The summed E-state index contributed by atoms with van der Waals surface area (Å²) in [6.45, 7) is 6.06. The molecule has 3 rings (SSSR count). The number of nitrogens with zero attached hydrogens (tertiary/aromatic N) is 4. The monoisotopic (exact) mass is 265 g/mol. The van der Waals surface area contributed by atoms with Crippen LogP contribution in [-0.2, 0) is 0 Å². The quantitative estimate of drug-likeness (QED) is 0.640.